The van der Waals surface area contributed by atoms with Crippen LogP contribution in [-0.2, 0) is 9.53 Å². The molecule has 7 nitrogen and oxygen atoms in total. The number of carbonyl (C=O) groups is 2. The van der Waals surface area contributed by atoms with Crippen LogP contribution in [0.1, 0.15) is 16.9 Å². The van der Waals surface area contributed by atoms with Crippen molar-refractivity contribution in [2.24, 2.45) is 0 Å². The van der Waals surface area contributed by atoms with Gasteiger partial charge in [-0.2, -0.15) is 0 Å². The molecule has 1 aliphatic rings. The third-order valence-corrected chi connectivity index (χ3v) is 3.69. The fourth-order valence-electron chi connectivity index (χ4n) is 2.55. The Hall–Kier alpha value is -2.67. The van der Waals surface area contributed by atoms with E-state index in [9.17, 15) is 9.59 Å². The molecule has 1 aromatic carbocycles. The molecule has 1 N–H and O–H groups in total. The molecule has 2 heterocycles. The van der Waals surface area contributed by atoms with Crippen LogP contribution >= 0.6 is 0 Å². The maximum atomic E-state index is 12.6. The number of amides is 1. The van der Waals surface area contributed by atoms with Crippen molar-refractivity contribution in [2.75, 3.05) is 19.8 Å². The zero-order chi connectivity index (χ0) is 16.2. The minimum absolute atomic E-state index is 0.158. The van der Waals surface area contributed by atoms with Crippen LogP contribution in [-0.4, -0.2) is 52.8 Å². The molecular weight excluding hydrogens is 300 g/mol. The molecule has 1 aromatic heterocycles. The second-order valence-electron chi connectivity index (χ2n) is 5.27. The number of hydrogen-bond donors (Lipinski definition) is 1. The second-order valence-corrected chi connectivity index (χ2v) is 5.27. The number of hydrogen-bond acceptors (Lipinski definition) is 5. The molecule has 0 bridgehead atoms. The summed E-state index contributed by atoms with van der Waals surface area (Å²) in [6, 6.07) is 10.4. The predicted molar refractivity (Wildman–Crippen MR) is 79.8 cm³/mol. The van der Waals surface area contributed by atoms with Gasteiger partial charge in [0.2, 0.25) is 0 Å². The number of carbonyl (C=O) groups excluding carboxylic acids is 1. The van der Waals surface area contributed by atoms with Gasteiger partial charge >= 0.3 is 5.97 Å². The van der Waals surface area contributed by atoms with Gasteiger partial charge in [0.1, 0.15) is 0 Å². The van der Waals surface area contributed by atoms with Crippen molar-refractivity contribution in [1.29, 1.82) is 0 Å². The molecule has 0 spiro atoms. The molecule has 1 fully saturated rings. The van der Waals surface area contributed by atoms with Crippen molar-refractivity contribution in [2.45, 2.75) is 12.5 Å². The van der Waals surface area contributed by atoms with E-state index in [4.69, 9.17) is 14.4 Å². The van der Waals surface area contributed by atoms with Gasteiger partial charge in [0.15, 0.2) is 11.5 Å². The number of rotatable bonds is 4. The van der Waals surface area contributed by atoms with E-state index >= 15 is 0 Å². The Kier molecular flexibility index (Phi) is 4.38. The summed E-state index contributed by atoms with van der Waals surface area (Å²) in [7, 11) is 0. The molecule has 1 saturated heterocycles. The lowest BCUT2D eigenvalue weighted by Gasteiger charge is -2.34. The van der Waals surface area contributed by atoms with Crippen LogP contribution in [0.3, 0.4) is 0 Å². The molecule has 3 rings (SSSR count). The summed E-state index contributed by atoms with van der Waals surface area (Å²) >= 11 is 0. The first-order valence-electron chi connectivity index (χ1n) is 7.28. The molecular formula is C16H16N2O5. The Morgan fingerprint density at radius 2 is 2.09 bits per heavy atom. The Labute approximate surface area is 132 Å². The van der Waals surface area contributed by atoms with Gasteiger partial charge < -0.3 is 19.3 Å². The molecule has 120 valence electrons. The first-order valence-corrected chi connectivity index (χ1v) is 7.28. The molecule has 2 aromatic rings. The van der Waals surface area contributed by atoms with E-state index in [0.29, 0.717) is 18.9 Å². The van der Waals surface area contributed by atoms with Crippen molar-refractivity contribution in [3.8, 4) is 11.3 Å². The Bertz CT molecular complexity index is 698. The third-order valence-electron chi connectivity index (χ3n) is 3.69. The third kappa shape index (κ3) is 3.40. The normalized spacial score (nSPS) is 17.9. The first kappa shape index (κ1) is 15.2. The van der Waals surface area contributed by atoms with Crippen LogP contribution in [0.25, 0.3) is 11.3 Å². The average molecular weight is 316 g/mol. The number of benzene rings is 1. The summed E-state index contributed by atoms with van der Waals surface area (Å²) in [5, 5.41) is 12.8. The maximum absolute atomic E-state index is 12.6. The zero-order valence-corrected chi connectivity index (χ0v) is 12.3. The monoisotopic (exact) mass is 316 g/mol. The smallest absolute Gasteiger partial charge is 0.305 e. The van der Waals surface area contributed by atoms with Crippen LogP contribution in [0.2, 0.25) is 0 Å². The van der Waals surface area contributed by atoms with Gasteiger partial charge in [0.25, 0.3) is 5.91 Å². The highest BCUT2D eigenvalue weighted by Gasteiger charge is 2.31. The van der Waals surface area contributed by atoms with Gasteiger partial charge in [-0.3, -0.25) is 9.59 Å². The van der Waals surface area contributed by atoms with E-state index in [1.807, 2.05) is 30.3 Å². The standard InChI is InChI=1S/C16H16N2O5/c19-15(20)8-12-10-22-7-6-18(12)16(21)13-9-14(23-17-13)11-4-2-1-3-5-11/h1-5,9,12H,6-8,10H2,(H,19,20). The van der Waals surface area contributed by atoms with Crippen LogP contribution in [0.15, 0.2) is 40.9 Å². The van der Waals surface area contributed by atoms with E-state index in [1.54, 1.807) is 6.07 Å². The van der Waals surface area contributed by atoms with Crippen molar-refractivity contribution >= 4 is 11.9 Å². The van der Waals surface area contributed by atoms with Crippen LogP contribution in [0.5, 0.6) is 0 Å². The van der Waals surface area contributed by atoms with Gasteiger partial charge in [-0.1, -0.05) is 35.5 Å². The summed E-state index contributed by atoms with van der Waals surface area (Å²) in [5.74, 6) is -0.814. The van der Waals surface area contributed by atoms with Crippen molar-refractivity contribution in [1.82, 2.24) is 10.1 Å². The minimum Gasteiger partial charge on any atom is -0.481 e. The lowest BCUT2D eigenvalue weighted by atomic mass is 10.1. The Morgan fingerprint density at radius 1 is 1.30 bits per heavy atom. The fraction of sp³-hybridized carbons (Fsp3) is 0.312. The highest BCUT2D eigenvalue weighted by atomic mass is 16.5. The first-order chi connectivity index (χ1) is 11.1. The highest BCUT2D eigenvalue weighted by molar-refractivity contribution is 5.93. The second kappa shape index (κ2) is 6.62. The lowest BCUT2D eigenvalue weighted by Crippen LogP contribution is -2.49. The van der Waals surface area contributed by atoms with Gasteiger partial charge in [-0.25, -0.2) is 0 Å². The minimum atomic E-state index is -0.969. The van der Waals surface area contributed by atoms with Crippen molar-refractivity contribution < 1.29 is 24.0 Å². The highest BCUT2D eigenvalue weighted by Crippen LogP contribution is 2.22. The van der Waals surface area contributed by atoms with Gasteiger partial charge in [0.05, 0.1) is 25.7 Å². The molecule has 0 aliphatic carbocycles. The summed E-state index contributed by atoms with van der Waals surface area (Å²) in [6.07, 6.45) is -0.158. The summed E-state index contributed by atoms with van der Waals surface area (Å²) in [5.41, 5.74) is 0.990. The lowest BCUT2D eigenvalue weighted by molar-refractivity contribution is -0.139. The molecule has 7 heteroatoms. The summed E-state index contributed by atoms with van der Waals surface area (Å²) < 4.78 is 10.5. The van der Waals surface area contributed by atoms with Crippen LogP contribution < -0.4 is 0 Å². The van der Waals surface area contributed by atoms with E-state index in [-0.39, 0.29) is 24.6 Å². The number of aliphatic carboxylic acids is 1. The zero-order valence-electron chi connectivity index (χ0n) is 12.3. The summed E-state index contributed by atoms with van der Waals surface area (Å²) in [6.45, 7) is 0.928. The maximum Gasteiger partial charge on any atom is 0.305 e. The largest absolute Gasteiger partial charge is 0.481 e. The topological polar surface area (TPSA) is 92.9 Å². The van der Waals surface area contributed by atoms with Crippen LogP contribution in [0.4, 0.5) is 0 Å². The number of ether oxygens (including phenoxy) is 1. The number of aromatic nitrogens is 1. The quantitative estimate of drug-likeness (QED) is 0.922. The molecule has 1 amide bonds. The van der Waals surface area contributed by atoms with Crippen molar-refractivity contribution in [3.05, 3.63) is 42.1 Å². The number of carboxylic acid groups (broad SMARTS) is 1. The van der Waals surface area contributed by atoms with Crippen LogP contribution in [0, 0.1) is 0 Å². The number of morpholine rings is 1. The average Bonchev–Trinajstić information content (AvgIpc) is 3.05. The molecule has 0 radical (unpaired) electrons. The fourth-order valence-corrected chi connectivity index (χ4v) is 2.55. The van der Waals surface area contributed by atoms with E-state index in [2.05, 4.69) is 5.16 Å². The number of carboxylic acids is 1. The van der Waals surface area contributed by atoms with Crippen molar-refractivity contribution in [3.63, 3.8) is 0 Å². The SMILES string of the molecule is O=C(O)CC1COCCN1C(=O)c1cc(-c2ccccc2)on1. The Balaban J connectivity index is 1.79. The number of nitrogens with zero attached hydrogens (tertiary/aromatic N) is 2. The van der Waals surface area contributed by atoms with E-state index in [1.165, 1.54) is 4.90 Å². The van der Waals surface area contributed by atoms with Gasteiger partial charge in [0, 0.05) is 18.2 Å². The Morgan fingerprint density at radius 3 is 2.83 bits per heavy atom. The molecule has 1 atom stereocenters. The van der Waals surface area contributed by atoms with Gasteiger partial charge in [-0.15, -0.1) is 0 Å². The van der Waals surface area contributed by atoms with Gasteiger partial charge in [-0.05, 0) is 0 Å². The molecule has 1 unspecified atom stereocenters. The predicted octanol–water partition coefficient (Wildman–Crippen LogP) is 1.66. The molecule has 23 heavy (non-hydrogen) atoms. The summed E-state index contributed by atoms with van der Waals surface area (Å²) in [4.78, 5) is 25.0. The van der Waals surface area contributed by atoms with E-state index in [0.717, 1.165) is 5.56 Å². The van der Waals surface area contributed by atoms with E-state index < -0.39 is 12.0 Å². The molecule has 1 aliphatic heterocycles. The molecule has 0 saturated carbocycles.